The number of halogens is 2. The summed E-state index contributed by atoms with van der Waals surface area (Å²) in [6.07, 6.45) is -0.282. The summed E-state index contributed by atoms with van der Waals surface area (Å²) < 4.78 is 14.2. The zero-order chi connectivity index (χ0) is 23.9. The molecule has 170 valence electrons. The molecule has 3 aliphatic rings. The van der Waals surface area contributed by atoms with E-state index in [0.29, 0.717) is 0 Å². The van der Waals surface area contributed by atoms with E-state index in [1.54, 1.807) is 0 Å². The molecule has 1 aromatic heterocycles. The number of carbonyl (C=O) groups is 3. The number of aromatic nitrogens is 1. The van der Waals surface area contributed by atoms with Gasteiger partial charge < -0.3 is 26.2 Å². The number of nitrogens with two attached hydrogens (primary N) is 1. The number of ketones is 2. The van der Waals surface area contributed by atoms with E-state index in [4.69, 9.17) is 5.73 Å². The smallest absolute Gasteiger partial charge is 0.255 e. The molecule has 0 aliphatic heterocycles. The Morgan fingerprint density at radius 3 is 2.47 bits per heavy atom. The largest absolute Gasteiger partial charge is 0.508 e. The van der Waals surface area contributed by atoms with Gasteiger partial charge in [-0.1, -0.05) is 0 Å². The van der Waals surface area contributed by atoms with Crippen LogP contribution in [0.25, 0.3) is 5.76 Å². The third-order valence-electron chi connectivity index (χ3n) is 6.49. The Bertz CT molecular complexity index is 1180. The second kappa shape index (κ2) is 7.09. The van der Waals surface area contributed by atoms with E-state index in [1.165, 1.54) is 19.0 Å². The van der Waals surface area contributed by atoms with Crippen LogP contribution in [0.4, 0.5) is 4.39 Å². The summed E-state index contributed by atoms with van der Waals surface area (Å²) in [5.41, 5.74) is 0.771. The fourth-order valence-corrected chi connectivity index (χ4v) is 5.48. The average molecular weight is 512 g/mol. The van der Waals surface area contributed by atoms with Gasteiger partial charge in [-0.05, 0) is 48.8 Å². The van der Waals surface area contributed by atoms with Crippen LogP contribution in [0.1, 0.15) is 17.5 Å². The molecule has 1 saturated carbocycles. The first-order valence-electron chi connectivity index (χ1n) is 9.55. The molecule has 1 amide bonds. The van der Waals surface area contributed by atoms with Gasteiger partial charge in [-0.2, -0.15) is 4.39 Å². The summed E-state index contributed by atoms with van der Waals surface area (Å²) >= 11 is 2.87. The molecule has 1 heterocycles. The number of aromatic hydroxyl groups is 1. The predicted octanol–water partition coefficient (Wildman–Crippen LogP) is 0.261. The van der Waals surface area contributed by atoms with Crippen molar-refractivity contribution in [2.75, 3.05) is 14.1 Å². The van der Waals surface area contributed by atoms with E-state index in [-0.39, 0.29) is 34.1 Å². The molecule has 0 bridgehead atoms. The second-order valence-corrected chi connectivity index (χ2v) is 9.11. The van der Waals surface area contributed by atoms with Crippen molar-refractivity contribution in [3.8, 4) is 5.75 Å². The number of pyridine rings is 1. The standard InChI is InChI=1S/C20H19BrFN3O7/c1-25(2)11-7-4-5-3-6-9(14(28)17(21)24-18(6)22)12(26)8(5)15(29)20(7,32)16(30)10(13(11)27)19(23)31/h5,7,11,26,28,30,32H,3-4H2,1-2H3,(H2,23,31)/t5-,7-,11-,20-/m0/s1. The van der Waals surface area contributed by atoms with E-state index in [9.17, 15) is 39.2 Å². The molecule has 6 N–H and O–H groups in total. The van der Waals surface area contributed by atoms with Crippen molar-refractivity contribution in [1.82, 2.24) is 9.88 Å². The van der Waals surface area contributed by atoms with Gasteiger partial charge in [0.1, 0.15) is 17.1 Å². The highest BCUT2D eigenvalue weighted by Gasteiger charge is 2.64. The maximum Gasteiger partial charge on any atom is 0.255 e. The Morgan fingerprint density at radius 2 is 1.91 bits per heavy atom. The molecule has 0 unspecified atom stereocenters. The van der Waals surface area contributed by atoms with Crippen LogP contribution in [0, 0.1) is 17.8 Å². The highest BCUT2D eigenvalue weighted by molar-refractivity contribution is 9.10. The van der Waals surface area contributed by atoms with Crippen molar-refractivity contribution in [1.29, 1.82) is 0 Å². The third kappa shape index (κ3) is 2.69. The molecule has 0 saturated heterocycles. The molecule has 1 fully saturated rings. The minimum absolute atomic E-state index is 0.123. The molecule has 0 aromatic carbocycles. The summed E-state index contributed by atoms with van der Waals surface area (Å²) in [5, 5.41) is 43.3. The van der Waals surface area contributed by atoms with Crippen molar-refractivity contribution in [3.63, 3.8) is 0 Å². The van der Waals surface area contributed by atoms with Gasteiger partial charge in [0.2, 0.25) is 11.7 Å². The number of aliphatic hydroxyl groups is 3. The Morgan fingerprint density at radius 1 is 1.28 bits per heavy atom. The van der Waals surface area contributed by atoms with Crippen LogP contribution in [-0.2, 0) is 20.8 Å². The van der Waals surface area contributed by atoms with Gasteiger partial charge in [0.25, 0.3) is 5.91 Å². The topological polar surface area (TPSA) is 174 Å². The second-order valence-electron chi connectivity index (χ2n) is 8.36. The lowest BCUT2D eigenvalue weighted by Crippen LogP contribution is -2.65. The number of aliphatic hydroxyl groups excluding tert-OH is 2. The molecular formula is C20H19BrFN3O7. The Balaban J connectivity index is 2.00. The van der Waals surface area contributed by atoms with Crippen molar-refractivity contribution < 1.29 is 39.2 Å². The van der Waals surface area contributed by atoms with Crippen LogP contribution in [0.3, 0.4) is 0 Å². The maximum atomic E-state index is 14.5. The fourth-order valence-electron chi connectivity index (χ4n) is 5.13. The van der Waals surface area contributed by atoms with Crippen molar-refractivity contribution >= 4 is 39.2 Å². The maximum absolute atomic E-state index is 14.5. The van der Waals surface area contributed by atoms with Gasteiger partial charge in [-0.25, -0.2) is 4.98 Å². The van der Waals surface area contributed by atoms with Gasteiger partial charge in [0.05, 0.1) is 11.6 Å². The monoisotopic (exact) mass is 511 g/mol. The Kier molecular flexibility index (Phi) is 4.95. The summed E-state index contributed by atoms with van der Waals surface area (Å²) in [5.74, 6) is -8.93. The molecule has 3 aliphatic carbocycles. The molecule has 0 spiro atoms. The van der Waals surface area contributed by atoms with Crippen molar-refractivity contribution in [2.24, 2.45) is 17.6 Å². The number of primary amides is 1. The average Bonchev–Trinajstić information content (AvgIpc) is 2.68. The van der Waals surface area contributed by atoms with Gasteiger partial charge in [-0.15, -0.1) is 0 Å². The lowest BCUT2D eigenvalue weighted by Gasteiger charge is -2.50. The number of likely N-dealkylation sites (N-methyl/N-ethyl adjacent to an activating group) is 1. The first kappa shape index (κ1) is 22.4. The zero-order valence-electron chi connectivity index (χ0n) is 16.9. The summed E-state index contributed by atoms with van der Waals surface area (Å²) in [7, 11) is 2.99. The van der Waals surface area contributed by atoms with Crippen LogP contribution < -0.4 is 5.73 Å². The van der Waals surface area contributed by atoms with E-state index in [2.05, 4.69) is 20.9 Å². The fraction of sp³-hybridized carbons (Fsp3) is 0.400. The highest BCUT2D eigenvalue weighted by Crippen LogP contribution is 2.53. The highest BCUT2D eigenvalue weighted by atomic mass is 79.9. The summed E-state index contributed by atoms with van der Waals surface area (Å²) in [6.45, 7) is 0. The number of fused-ring (bicyclic) bond motifs is 3. The number of rotatable bonds is 2. The Labute approximate surface area is 189 Å². The van der Waals surface area contributed by atoms with Gasteiger partial charge >= 0.3 is 0 Å². The third-order valence-corrected chi connectivity index (χ3v) is 7.05. The van der Waals surface area contributed by atoms with Crippen molar-refractivity contribution in [3.05, 3.63) is 38.6 Å². The van der Waals surface area contributed by atoms with Crippen LogP contribution >= 0.6 is 15.9 Å². The first-order chi connectivity index (χ1) is 14.8. The number of hydrogen-bond donors (Lipinski definition) is 5. The van der Waals surface area contributed by atoms with E-state index < -0.39 is 69.7 Å². The normalized spacial score (nSPS) is 29.8. The number of nitrogens with zero attached hydrogens (tertiary/aromatic N) is 2. The van der Waals surface area contributed by atoms with E-state index >= 15 is 0 Å². The SMILES string of the molecule is CN(C)[C@@H]1C(=O)C(C(N)=O)=C(O)[C@@]2(O)C(=O)C3=C(O)c4c(O)c(Br)nc(F)c4C[C@H]3C[C@@H]12. The molecule has 32 heavy (non-hydrogen) atoms. The lowest BCUT2D eigenvalue weighted by atomic mass is 9.57. The number of amides is 1. The van der Waals surface area contributed by atoms with Gasteiger partial charge in [-0.3, -0.25) is 19.3 Å². The van der Waals surface area contributed by atoms with Gasteiger partial charge in [0, 0.05) is 17.1 Å². The number of carbonyl (C=O) groups excluding carboxylic acids is 3. The van der Waals surface area contributed by atoms with Gasteiger partial charge in [0.15, 0.2) is 21.7 Å². The molecule has 0 radical (unpaired) electrons. The quantitative estimate of drug-likeness (QED) is 0.275. The van der Waals surface area contributed by atoms with Crippen molar-refractivity contribution in [2.45, 2.75) is 24.5 Å². The molecule has 10 nitrogen and oxygen atoms in total. The molecule has 12 heteroatoms. The van der Waals surface area contributed by atoms with Crippen LogP contribution in [0.2, 0.25) is 0 Å². The lowest BCUT2D eigenvalue weighted by molar-refractivity contribution is -0.153. The Hall–Kier alpha value is -2.83. The minimum Gasteiger partial charge on any atom is -0.508 e. The predicted molar refractivity (Wildman–Crippen MR) is 110 cm³/mol. The molecule has 4 atom stereocenters. The van der Waals surface area contributed by atoms with E-state index in [0.717, 1.165) is 0 Å². The first-order valence-corrected chi connectivity index (χ1v) is 10.3. The van der Waals surface area contributed by atoms with Crippen LogP contribution in [0.5, 0.6) is 5.75 Å². The number of Topliss-reactive ketones (excluding diaryl/α,β-unsaturated/α-hetero) is 2. The molecular weight excluding hydrogens is 493 g/mol. The number of hydrogen-bond acceptors (Lipinski definition) is 9. The van der Waals surface area contributed by atoms with Crippen LogP contribution in [-0.4, -0.2) is 73.5 Å². The van der Waals surface area contributed by atoms with Crippen LogP contribution in [0.15, 0.2) is 21.5 Å². The van der Waals surface area contributed by atoms with E-state index in [1.807, 2.05) is 0 Å². The summed E-state index contributed by atoms with van der Waals surface area (Å²) in [4.78, 5) is 43.3. The minimum atomic E-state index is -2.73. The molecule has 1 aromatic rings. The molecule has 4 rings (SSSR count). The zero-order valence-corrected chi connectivity index (χ0v) is 18.5. The summed E-state index contributed by atoms with van der Waals surface area (Å²) in [6, 6.07) is -1.20.